The minimum atomic E-state index is 0.344. The van der Waals surface area contributed by atoms with Crippen LogP contribution in [0.2, 0.25) is 0 Å². The summed E-state index contributed by atoms with van der Waals surface area (Å²) in [6, 6.07) is 7.88. The van der Waals surface area contributed by atoms with Gasteiger partial charge in [-0.2, -0.15) is 0 Å². The number of carbonyl (C=O) groups is 1. The standard InChI is InChI=1S/C22H27N3O3/c1-4-17(26)9-7-5-6-8-10-21-24-25-22(28-21)18-13-16-12-11-15(2)23-19(16)14-20(18)27-3/h11-14H,4-10H2,1-3H3. The molecule has 0 aliphatic carbocycles. The van der Waals surface area contributed by atoms with E-state index in [0.29, 0.717) is 36.2 Å². The predicted octanol–water partition coefficient (Wildman–Crippen LogP) is 5.07. The number of aromatic nitrogens is 3. The summed E-state index contributed by atoms with van der Waals surface area (Å²) < 4.78 is 11.4. The smallest absolute Gasteiger partial charge is 0.251 e. The molecule has 1 aromatic carbocycles. The summed E-state index contributed by atoms with van der Waals surface area (Å²) in [4.78, 5) is 15.8. The van der Waals surface area contributed by atoms with Crippen molar-refractivity contribution in [1.29, 1.82) is 0 Å². The summed E-state index contributed by atoms with van der Waals surface area (Å²) in [7, 11) is 1.63. The monoisotopic (exact) mass is 381 g/mol. The first-order valence-corrected chi connectivity index (χ1v) is 9.90. The van der Waals surface area contributed by atoms with Crippen LogP contribution in [0.15, 0.2) is 28.7 Å². The molecule has 3 rings (SSSR count). The third-order valence-corrected chi connectivity index (χ3v) is 4.84. The second-order valence-electron chi connectivity index (χ2n) is 7.01. The minimum Gasteiger partial charge on any atom is -0.496 e. The molecule has 0 saturated heterocycles. The second kappa shape index (κ2) is 9.44. The van der Waals surface area contributed by atoms with E-state index in [-0.39, 0.29) is 0 Å². The van der Waals surface area contributed by atoms with Crippen LogP contribution >= 0.6 is 0 Å². The van der Waals surface area contributed by atoms with Crippen molar-refractivity contribution in [3.63, 3.8) is 0 Å². The molecule has 0 spiro atoms. The van der Waals surface area contributed by atoms with Gasteiger partial charge in [-0.1, -0.05) is 25.8 Å². The normalized spacial score (nSPS) is 11.1. The average Bonchev–Trinajstić information content (AvgIpc) is 3.17. The van der Waals surface area contributed by atoms with Crippen molar-refractivity contribution >= 4 is 16.7 Å². The van der Waals surface area contributed by atoms with Crippen molar-refractivity contribution in [3.05, 3.63) is 35.9 Å². The molecule has 2 aromatic heterocycles. The van der Waals surface area contributed by atoms with Gasteiger partial charge in [0.2, 0.25) is 5.89 Å². The molecule has 2 heterocycles. The summed E-state index contributed by atoms with van der Waals surface area (Å²) in [5.41, 5.74) is 2.61. The highest BCUT2D eigenvalue weighted by molar-refractivity contribution is 5.86. The lowest BCUT2D eigenvalue weighted by atomic mass is 10.1. The van der Waals surface area contributed by atoms with Crippen molar-refractivity contribution in [2.45, 2.75) is 58.8 Å². The largest absolute Gasteiger partial charge is 0.496 e. The number of unbranched alkanes of at least 4 members (excludes halogenated alkanes) is 3. The maximum absolute atomic E-state index is 11.3. The van der Waals surface area contributed by atoms with Crippen LogP contribution < -0.4 is 4.74 Å². The van der Waals surface area contributed by atoms with E-state index in [1.807, 2.05) is 38.1 Å². The van der Waals surface area contributed by atoms with Crippen LogP contribution in [-0.2, 0) is 11.2 Å². The van der Waals surface area contributed by atoms with Crippen LogP contribution in [-0.4, -0.2) is 28.1 Å². The molecule has 6 nitrogen and oxygen atoms in total. The molecule has 3 aromatic rings. The number of hydrogen-bond donors (Lipinski definition) is 0. The lowest BCUT2D eigenvalue weighted by Gasteiger charge is -2.07. The molecule has 0 atom stereocenters. The average molecular weight is 381 g/mol. The highest BCUT2D eigenvalue weighted by atomic mass is 16.5. The van der Waals surface area contributed by atoms with E-state index in [1.54, 1.807) is 7.11 Å². The minimum absolute atomic E-state index is 0.344. The van der Waals surface area contributed by atoms with Crippen molar-refractivity contribution in [2.75, 3.05) is 7.11 Å². The molecule has 0 N–H and O–H groups in total. The number of ketones is 1. The molecule has 0 amide bonds. The van der Waals surface area contributed by atoms with Gasteiger partial charge in [-0.15, -0.1) is 10.2 Å². The Kier molecular flexibility index (Phi) is 6.74. The predicted molar refractivity (Wildman–Crippen MR) is 108 cm³/mol. The first kappa shape index (κ1) is 20.0. The van der Waals surface area contributed by atoms with Gasteiger partial charge >= 0.3 is 0 Å². The van der Waals surface area contributed by atoms with Gasteiger partial charge in [0, 0.05) is 36.4 Å². The number of rotatable bonds is 10. The summed E-state index contributed by atoms with van der Waals surface area (Å²) in [6.07, 6.45) is 6.11. The van der Waals surface area contributed by atoms with E-state index in [9.17, 15) is 4.79 Å². The number of aryl methyl sites for hydroxylation is 2. The molecule has 0 saturated carbocycles. The Morgan fingerprint density at radius 2 is 1.93 bits per heavy atom. The van der Waals surface area contributed by atoms with Gasteiger partial charge in [0.25, 0.3) is 5.89 Å². The molecule has 0 bridgehead atoms. The number of Topliss-reactive ketones (excluding diaryl/α,β-unsaturated/α-hetero) is 1. The van der Waals surface area contributed by atoms with E-state index in [1.165, 1.54) is 0 Å². The van der Waals surface area contributed by atoms with E-state index < -0.39 is 0 Å². The number of nitrogens with zero attached hydrogens (tertiary/aromatic N) is 3. The van der Waals surface area contributed by atoms with Crippen LogP contribution in [0.25, 0.3) is 22.4 Å². The maximum atomic E-state index is 11.3. The molecule has 6 heteroatoms. The van der Waals surface area contributed by atoms with Crippen LogP contribution in [0, 0.1) is 6.92 Å². The number of fused-ring (bicyclic) bond motifs is 1. The lowest BCUT2D eigenvalue weighted by Crippen LogP contribution is -1.94. The first-order chi connectivity index (χ1) is 13.6. The molecular formula is C22H27N3O3. The second-order valence-corrected chi connectivity index (χ2v) is 7.01. The van der Waals surface area contributed by atoms with Crippen LogP contribution in [0.3, 0.4) is 0 Å². The Labute approximate surface area is 165 Å². The molecule has 0 aliphatic rings. The SMILES string of the molecule is CCC(=O)CCCCCCc1nnc(-c2cc3ccc(C)nc3cc2OC)o1. The number of carbonyl (C=O) groups excluding carboxylic acids is 1. The van der Waals surface area contributed by atoms with Gasteiger partial charge in [0.1, 0.15) is 11.5 Å². The van der Waals surface area contributed by atoms with Crippen molar-refractivity contribution in [2.24, 2.45) is 0 Å². The highest BCUT2D eigenvalue weighted by Gasteiger charge is 2.15. The summed E-state index contributed by atoms with van der Waals surface area (Å²) in [5, 5.41) is 9.39. The molecule has 0 aliphatic heterocycles. The molecule has 0 radical (unpaired) electrons. The van der Waals surface area contributed by atoms with Gasteiger partial charge in [-0.05, 0) is 31.9 Å². The summed E-state index contributed by atoms with van der Waals surface area (Å²) >= 11 is 0. The van der Waals surface area contributed by atoms with Gasteiger partial charge in [-0.3, -0.25) is 9.78 Å². The molecule has 148 valence electrons. The highest BCUT2D eigenvalue weighted by Crippen LogP contribution is 2.33. The van der Waals surface area contributed by atoms with Crippen LogP contribution in [0.5, 0.6) is 5.75 Å². The fraction of sp³-hybridized carbons (Fsp3) is 0.455. The molecule has 0 unspecified atom stereocenters. The Balaban J connectivity index is 1.63. The van der Waals surface area contributed by atoms with Crippen molar-refractivity contribution in [3.8, 4) is 17.2 Å². The fourth-order valence-electron chi connectivity index (χ4n) is 3.18. The van der Waals surface area contributed by atoms with Crippen LogP contribution in [0.4, 0.5) is 0 Å². The van der Waals surface area contributed by atoms with E-state index >= 15 is 0 Å². The first-order valence-electron chi connectivity index (χ1n) is 9.90. The van der Waals surface area contributed by atoms with E-state index in [2.05, 4.69) is 15.2 Å². The summed E-state index contributed by atoms with van der Waals surface area (Å²) in [5.74, 6) is 2.10. The Morgan fingerprint density at radius 1 is 1.11 bits per heavy atom. The quantitative estimate of drug-likeness (QED) is 0.456. The number of pyridine rings is 1. The zero-order valence-electron chi connectivity index (χ0n) is 16.8. The number of benzene rings is 1. The lowest BCUT2D eigenvalue weighted by molar-refractivity contribution is -0.118. The molecule has 0 fully saturated rings. The van der Waals surface area contributed by atoms with Gasteiger partial charge in [0.15, 0.2) is 0 Å². The zero-order chi connectivity index (χ0) is 19.9. The van der Waals surface area contributed by atoms with E-state index in [4.69, 9.17) is 9.15 Å². The van der Waals surface area contributed by atoms with E-state index in [0.717, 1.165) is 54.3 Å². The topological polar surface area (TPSA) is 78.1 Å². The number of ether oxygens (including phenoxy) is 1. The number of methoxy groups -OCH3 is 1. The maximum Gasteiger partial charge on any atom is 0.251 e. The number of hydrogen-bond acceptors (Lipinski definition) is 6. The van der Waals surface area contributed by atoms with Gasteiger partial charge in [0.05, 0.1) is 18.2 Å². The third-order valence-electron chi connectivity index (χ3n) is 4.84. The van der Waals surface area contributed by atoms with Gasteiger partial charge in [-0.25, -0.2) is 0 Å². The third kappa shape index (κ3) is 4.94. The van der Waals surface area contributed by atoms with Crippen molar-refractivity contribution in [1.82, 2.24) is 15.2 Å². The van der Waals surface area contributed by atoms with Crippen LogP contribution in [0.1, 0.15) is 57.0 Å². The zero-order valence-corrected chi connectivity index (χ0v) is 16.8. The molecular weight excluding hydrogens is 354 g/mol. The Hall–Kier alpha value is -2.76. The fourth-order valence-corrected chi connectivity index (χ4v) is 3.18. The Bertz CT molecular complexity index is 949. The molecule has 28 heavy (non-hydrogen) atoms. The Morgan fingerprint density at radius 3 is 2.71 bits per heavy atom. The van der Waals surface area contributed by atoms with Gasteiger partial charge < -0.3 is 9.15 Å². The van der Waals surface area contributed by atoms with Crippen molar-refractivity contribution < 1.29 is 13.9 Å². The summed E-state index contributed by atoms with van der Waals surface area (Å²) in [6.45, 7) is 3.88.